The summed E-state index contributed by atoms with van der Waals surface area (Å²) >= 11 is 0. The quantitative estimate of drug-likeness (QED) is 0.831. The van der Waals surface area contributed by atoms with Crippen molar-refractivity contribution in [2.24, 2.45) is 0 Å². The maximum atomic E-state index is 9.23. The van der Waals surface area contributed by atoms with E-state index in [4.69, 9.17) is 10.00 Å². The highest BCUT2D eigenvalue weighted by Crippen LogP contribution is 2.13. The van der Waals surface area contributed by atoms with Crippen molar-refractivity contribution in [2.75, 3.05) is 26.8 Å². The summed E-state index contributed by atoms with van der Waals surface area (Å²) in [5.41, 5.74) is 0.384. The molecule has 4 nitrogen and oxygen atoms in total. The zero-order valence-corrected chi connectivity index (χ0v) is 11.2. The zero-order valence-electron chi connectivity index (χ0n) is 11.2. The molecule has 0 fully saturated rings. The van der Waals surface area contributed by atoms with Gasteiger partial charge in [-0.3, -0.25) is 4.90 Å². The normalized spacial score (nSPS) is 11.3. The third-order valence-electron chi connectivity index (χ3n) is 3.10. The fourth-order valence-electron chi connectivity index (χ4n) is 1.35. The van der Waals surface area contributed by atoms with Crippen LogP contribution in [0.4, 0.5) is 0 Å². The van der Waals surface area contributed by atoms with Gasteiger partial charge in [-0.05, 0) is 45.2 Å². The fraction of sp³-hybridized carbons (Fsp3) is 0.500. The highest BCUT2D eigenvalue weighted by atomic mass is 16.5. The molecule has 0 bridgehead atoms. The molecule has 0 heterocycles. The Bertz CT molecular complexity index is 407. The molecule has 0 amide bonds. The highest BCUT2D eigenvalue weighted by Gasteiger charge is 2.21. The van der Waals surface area contributed by atoms with Crippen molar-refractivity contribution in [3.05, 3.63) is 29.8 Å². The molecule has 0 aliphatic rings. The van der Waals surface area contributed by atoms with Gasteiger partial charge in [-0.25, -0.2) is 0 Å². The Morgan fingerprint density at radius 2 is 1.94 bits per heavy atom. The Labute approximate surface area is 108 Å². The first-order chi connectivity index (χ1) is 8.49. The standard InChI is InChI=1S/C14H20N2O2/c1-14(2,11-17)16(3)8-9-18-13-6-4-12(10-15)5-7-13/h4-7,17H,8-9,11H2,1-3H3. The van der Waals surface area contributed by atoms with Gasteiger partial charge in [0.25, 0.3) is 0 Å². The fourth-order valence-corrected chi connectivity index (χ4v) is 1.35. The van der Waals surface area contributed by atoms with Gasteiger partial charge < -0.3 is 9.84 Å². The molecule has 0 unspecified atom stereocenters. The maximum Gasteiger partial charge on any atom is 0.119 e. The monoisotopic (exact) mass is 248 g/mol. The third kappa shape index (κ3) is 4.02. The molecule has 0 aliphatic heterocycles. The minimum absolute atomic E-state index is 0.111. The molecule has 18 heavy (non-hydrogen) atoms. The Morgan fingerprint density at radius 1 is 1.33 bits per heavy atom. The van der Waals surface area contributed by atoms with Crippen LogP contribution in [0.3, 0.4) is 0 Å². The summed E-state index contributed by atoms with van der Waals surface area (Å²) < 4.78 is 5.58. The van der Waals surface area contributed by atoms with Crippen LogP contribution in [-0.2, 0) is 0 Å². The van der Waals surface area contributed by atoms with Crippen LogP contribution < -0.4 is 4.74 Å². The second kappa shape index (κ2) is 6.39. The van der Waals surface area contributed by atoms with Crippen LogP contribution in [0, 0.1) is 11.3 Å². The molecular weight excluding hydrogens is 228 g/mol. The number of rotatable bonds is 6. The lowest BCUT2D eigenvalue weighted by molar-refractivity contribution is 0.0679. The molecule has 1 aromatic carbocycles. The van der Waals surface area contributed by atoms with E-state index in [2.05, 4.69) is 11.0 Å². The summed E-state index contributed by atoms with van der Waals surface area (Å²) in [7, 11) is 1.96. The van der Waals surface area contributed by atoms with E-state index in [0.29, 0.717) is 12.2 Å². The van der Waals surface area contributed by atoms with Crippen molar-refractivity contribution in [2.45, 2.75) is 19.4 Å². The molecule has 4 heteroatoms. The van der Waals surface area contributed by atoms with E-state index in [1.165, 1.54) is 0 Å². The van der Waals surface area contributed by atoms with Crippen LogP contribution in [0.2, 0.25) is 0 Å². The lowest BCUT2D eigenvalue weighted by Gasteiger charge is -2.33. The lowest BCUT2D eigenvalue weighted by atomic mass is 10.1. The Hall–Kier alpha value is -1.57. The van der Waals surface area contributed by atoms with Crippen LogP contribution in [0.25, 0.3) is 0 Å². The number of likely N-dealkylation sites (N-methyl/N-ethyl adjacent to an activating group) is 1. The van der Waals surface area contributed by atoms with E-state index in [-0.39, 0.29) is 12.1 Å². The largest absolute Gasteiger partial charge is 0.492 e. The molecule has 1 aromatic rings. The second-order valence-corrected chi connectivity index (χ2v) is 4.88. The smallest absolute Gasteiger partial charge is 0.119 e. The number of hydrogen-bond acceptors (Lipinski definition) is 4. The second-order valence-electron chi connectivity index (χ2n) is 4.88. The van der Waals surface area contributed by atoms with Gasteiger partial charge in [0.2, 0.25) is 0 Å². The topological polar surface area (TPSA) is 56.5 Å². The van der Waals surface area contributed by atoms with E-state index in [0.717, 1.165) is 12.3 Å². The van der Waals surface area contributed by atoms with E-state index < -0.39 is 0 Å². The van der Waals surface area contributed by atoms with Gasteiger partial charge in [-0.1, -0.05) is 0 Å². The van der Waals surface area contributed by atoms with Gasteiger partial charge in [-0.2, -0.15) is 5.26 Å². The molecule has 1 N–H and O–H groups in total. The van der Waals surface area contributed by atoms with E-state index >= 15 is 0 Å². The summed E-state index contributed by atoms with van der Waals surface area (Å²) in [4.78, 5) is 2.05. The molecule has 98 valence electrons. The first-order valence-electron chi connectivity index (χ1n) is 5.94. The molecule has 0 saturated carbocycles. The van der Waals surface area contributed by atoms with Gasteiger partial charge in [0, 0.05) is 12.1 Å². The van der Waals surface area contributed by atoms with Crippen LogP contribution in [0.5, 0.6) is 5.75 Å². The first-order valence-corrected chi connectivity index (χ1v) is 5.94. The van der Waals surface area contributed by atoms with Crippen molar-refractivity contribution < 1.29 is 9.84 Å². The molecule has 0 spiro atoms. The predicted molar refractivity (Wildman–Crippen MR) is 70.4 cm³/mol. The van der Waals surface area contributed by atoms with Gasteiger partial charge in [-0.15, -0.1) is 0 Å². The average Bonchev–Trinajstić information content (AvgIpc) is 2.39. The minimum Gasteiger partial charge on any atom is -0.492 e. The zero-order chi connectivity index (χ0) is 13.6. The van der Waals surface area contributed by atoms with Crippen LogP contribution in [-0.4, -0.2) is 42.4 Å². The number of benzene rings is 1. The van der Waals surface area contributed by atoms with Crippen molar-refractivity contribution in [3.63, 3.8) is 0 Å². The van der Waals surface area contributed by atoms with E-state index in [1.807, 2.05) is 20.9 Å². The average molecular weight is 248 g/mol. The Kier molecular flexibility index (Phi) is 5.14. The molecule has 0 radical (unpaired) electrons. The summed E-state index contributed by atoms with van der Waals surface area (Å²) in [6, 6.07) is 9.10. The summed E-state index contributed by atoms with van der Waals surface area (Å²) in [6.45, 7) is 5.35. The molecular formula is C14H20N2O2. The van der Waals surface area contributed by atoms with E-state index in [9.17, 15) is 5.11 Å². The van der Waals surface area contributed by atoms with Gasteiger partial charge in [0.1, 0.15) is 12.4 Å². The lowest BCUT2D eigenvalue weighted by Crippen LogP contribution is -2.45. The van der Waals surface area contributed by atoms with Crippen LogP contribution in [0.15, 0.2) is 24.3 Å². The van der Waals surface area contributed by atoms with Gasteiger partial charge in [0.05, 0.1) is 18.2 Å². The van der Waals surface area contributed by atoms with Crippen molar-refractivity contribution in [1.82, 2.24) is 4.90 Å². The molecule has 0 aromatic heterocycles. The van der Waals surface area contributed by atoms with Crippen molar-refractivity contribution in [1.29, 1.82) is 5.26 Å². The molecule has 0 atom stereocenters. The number of nitriles is 1. The first kappa shape index (κ1) is 14.5. The van der Waals surface area contributed by atoms with Gasteiger partial charge in [0.15, 0.2) is 0 Å². The summed E-state index contributed by atoms with van der Waals surface area (Å²) in [6.07, 6.45) is 0. The maximum absolute atomic E-state index is 9.23. The van der Waals surface area contributed by atoms with Crippen molar-refractivity contribution in [3.8, 4) is 11.8 Å². The van der Waals surface area contributed by atoms with Crippen LogP contribution >= 0.6 is 0 Å². The molecule has 0 aliphatic carbocycles. The van der Waals surface area contributed by atoms with Crippen molar-refractivity contribution >= 4 is 0 Å². The Balaban J connectivity index is 2.40. The third-order valence-corrected chi connectivity index (χ3v) is 3.10. The van der Waals surface area contributed by atoms with Gasteiger partial charge >= 0.3 is 0 Å². The number of hydrogen-bond donors (Lipinski definition) is 1. The Morgan fingerprint density at radius 3 is 2.44 bits per heavy atom. The number of aliphatic hydroxyl groups is 1. The molecule has 1 rings (SSSR count). The number of ether oxygens (including phenoxy) is 1. The van der Waals surface area contributed by atoms with E-state index in [1.54, 1.807) is 24.3 Å². The number of aliphatic hydroxyl groups excluding tert-OH is 1. The molecule has 0 saturated heterocycles. The SMILES string of the molecule is CN(CCOc1ccc(C#N)cc1)C(C)(C)CO. The number of nitrogens with zero attached hydrogens (tertiary/aromatic N) is 2. The summed E-state index contributed by atoms with van der Waals surface area (Å²) in [5.74, 6) is 0.754. The minimum atomic E-state index is -0.242. The summed E-state index contributed by atoms with van der Waals surface area (Å²) in [5, 5.41) is 17.9. The highest BCUT2D eigenvalue weighted by molar-refractivity contribution is 5.34. The van der Waals surface area contributed by atoms with Crippen LogP contribution in [0.1, 0.15) is 19.4 Å². The predicted octanol–water partition coefficient (Wildman–Crippen LogP) is 1.64.